The first kappa shape index (κ1) is 19.2. The van der Waals surface area contributed by atoms with Crippen LogP contribution in [0.4, 0.5) is 21.6 Å². The first-order valence-corrected chi connectivity index (χ1v) is 9.24. The fourth-order valence-electron chi connectivity index (χ4n) is 2.73. The van der Waals surface area contributed by atoms with Gasteiger partial charge in [0, 0.05) is 24.2 Å². The molecule has 0 fully saturated rings. The molecule has 1 amide bonds. The van der Waals surface area contributed by atoms with Gasteiger partial charge in [-0.3, -0.25) is 9.79 Å². The highest BCUT2D eigenvalue weighted by molar-refractivity contribution is 6.29. The second kappa shape index (κ2) is 10.7. The number of nitrogens with two attached hydrogens (primary N) is 1. The van der Waals surface area contributed by atoms with E-state index in [1.807, 2.05) is 5.32 Å². The lowest BCUT2D eigenvalue weighted by atomic mass is 10.1. The highest BCUT2D eigenvalue weighted by atomic mass is 19.1. The van der Waals surface area contributed by atoms with Crippen molar-refractivity contribution < 1.29 is 18.0 Å². The summed E-state index contributed by atoms with van der Waals surface area (Å²) >= 11 is 0. The Morgan fingerprint density at radius 1 is 1.27 bits per heavy atom. The molecule has 0 aliphatic rings. The highest BCUT2D eigenvalue weighted by Gasteiger charge is 2.18. The van der Waals surface area contributed by atoms with E-state index in [9.17, 15) is 9.18 Å². The molecule has 1 aromatic carbocycles. The molecular formula is C20H21FN10O2. The van der Waals surface area contributed by atoms with Crippen molar-refractivity contribution in [2.24, 2.45) is 15.8 Å². The van der Waals surface area contributed by atoms with Gasteiger partial charge in [-0.15, -0.1) is 10.2 Å². The third kappa shape index (κ3) is 5.40. The molecule has 33 heavy (non-hydrogen) atoms. The molecule has 2 heterocycles. The first-order valence-electron chi connectivity index (χ1n) is 10.7. The minimum Gasteiger partial charge on any atom is -0.494 e. The number of ether oxygens (including phenoxy) is 1. The average Bonchev–Trinajstić information content (AvgIpc) is 2.83. The van der Waals surface area contributed by atoms with Gasteiger partial charge in [0.15, 0.2) is 34.7 Å². The Labute approximate surface area is 192 Å². The second-order valence-electron chi connectivity index (χ2n) is 6.18. The van der Waals surface area contributed by atoms with Crippen LogP contribution in [0.3, 0.4) is 0 Å². The normalized spacial score (nSPS) is 13.1. The Morgan fingerprint density at radius 2 is 2.06 bits per heavy atom. The predicted molar refractivity (Wildman–Crippen MR) is 122 cm³/mol. The monoisotopic (exact) mass is 455 g/mol. The maximum absolute atomic E-state index is 13.3. The number of amidine groups is 1. The van der Waals surface area contributed by atoms with E-state index in [0.717, 1.165) is 12.4 Å². The summed E-state index contributed by atoms with van der Waals surface area (Å²) in [6.07, 6.45) is 3.36. The van der Waals surface area contributed by atoms with Crippen molar-refractivity contribution >= 4 is 35.2 Å². The van der Waals surface area contributed by atoms with Crippen molar-refractivity contribution in [2.75, 3.05) is 26.5 Å². The molecule has 0 spiro atoms. The van der Waals surface area contributed by atoms with E-state index in [0.29, 0.717) is 11.3 Å². The lowest BCUT2D eigenvalue weighted by molar-refractivity contribution is 0.0958. The number of methoxy groups -OCH3 is 1. The number of carbonyl (C=O) groups is 1. The molecule has 170 valence electrons. The first-order chi connectivity index (χ1) is 17.1. The van der Waals surface area contributed by atoms with Crippen molar-refractivity contribution in [3.63, 3.8) is 0 Å². The van der Waals surface area contributed by atoms with E-state index >= 15 is 0 Å². The van der Waals surface area contributed by atoms with Crippen LogP contribution in [0.15, 0.2) is 46.6 Å². The van der Waals surface area contributed by atoms with Crippen LogP contribution in [0, 0.1) is 5.82 Å². The van der Waals surface area contributed by atoms with Crippen LogP contribution in [0.2, 0.25) is 0 Å². The number of amides is 1. The molecule has 5 N–H and O–H groups in total. The van der Waals surface area contributed by atoms with Crippen molar-refractivity contribution in [1.29, 1.82) is 0 Å². The zero-order valence-electron chi connectivity index (χ0n) is 20.5. The van der Waals surface area contributed by atoms with E-state index < -0.39 is 18.7 Å². The lowest BCUT2D eigenvalue weighted by Crippen LogP contribution is -2.31. The molecule has 3 rings (SSSR count). The van der Waals surface area contributed by atoms with Crippen molar-refractivity contribution in [1.82, 2.24) is 30.9 Å². The number of benzene rings is 1. The summed E-state index contributed by atoms with van der Waals surface area (Å²) < 4.78 is 40.8. The maximum Gasteiger partial charge on any atom is 0.273 e. The Hall–Kier alpha value is -4.52. The van der Waals surface area contributed by atoms with Crippen LogP contribution in [-0.2, 0) is 0 Å². The van der Waals surface area contributed by atoms with Crippen molar-refractivity contribution in [3.05, 3.63) is 48.2 Å². The summed E-state index contributed by atoms with van der Waals surface area (Å²) in [6.45, 7) is -2.77. The summed E-state index contributed by atoms with van der Waals surface area (Å²) in [6, 6.07) is 6.28. The van der Waals surface area contributed by atoms with E-state index in [1.165, 1.54) is 26.4 Å². The van der Waals surface area contributed by atoms with Gasteiger partial charge in [0.05, 0.1) is 42.7 Å². The summed E-state index contributed by atoms with van der Waals surface area (Å²) in [7, 11) is 2.91. The second-order valence-corrected chi connectivity index (χ2v) is 6.18. The molecule has 0 radical (unpaired) electrons. The number of hydrogen-bond acceptors (Lipinski definition) is 10. The Bertz CT molecular complexity index is 1300. The molecule has 0 aliphatic heterocycles. The lowest BCUT2D eigenvalue weighted by Gasteiger charge is -2.16. The van der Waals surface area contributed by atoms with Crippen LogP contribution in [-0.4, -0.2) is 59.3 Å². The summed E-state index contributed by atoms with van der Waals surface area (Å²) in [5.41, 5.74) is 2.81. The number of hydrazine groups is 1. The van der Waals surface area contributed by atoms with E-state index in [-0.39, 0.29) is 34.6 Å². The number of aromatic nitrogens is 4. The number of halogens is 1. The number of carbonyl (C=O) groups excluding carboxylic acids is 1. The van der Waals surface area contributed by atoms with Crippen molar-refractivity contribution in [2.45, 2.75) is 0 Å². The average molecular weight is 455 g/mol. The molecule has 3 aromatic rings. The van der Waals surface area contributed by atoms with Crippen LogP contribution in [0.5, 0.6) is 5.75 Å². The number of para-hydroxylation sites is 1. The third-order valence-electron chi connectivity index (χ3n) is 4.09. The van der Waals surface area contributed by atoms with Gasteiger partial charge in [-0.2, -0.15) is 0 Å². The van der Waals surface area contributed by atoms with Gasteiger partial charge in [0.25, 0.3) is 5.91 Å². The fourth-order valence-corrected chi connectivity index (χ4v) is 2.73. The molecule has 12 nitrogen and oxygen atoms in total. The van der Waals surface area contributed by atoms with Gasteiger partial charge in [-0.25, -0.2) is 25.2 Å². The summed E-state index contributed by atoms with van der Waals surface area (Å²) in [5.74, 6) is 4.42. The van der Waals surface area contributed by atoms with Gasteiger partial charge in [0.2, 0.25) is 0 Å². The smallest absolute Gasteiger partial charge is 0.273 e. The fraction of sp³-hybridized carbons (Fsp3) is 0.150. The molecule has 0 unspecified atom stereocenters. The minimum absolute atomic E-state index is 0.0211. The number of rotatable bonds is 7. The molecule has 0 saturated carbocycles. The van der Waals surface area contributed by atoms with Crippen LogP contribution < -0.4 is 26.6 Å². The van der Waals surface area contributed by atoms with Crippen molar-refractivity contribution in [3.8, 4) is 17.1 Å². The van der Waals surface area contributed by atoms with Crippen LogP contribution in [0.1, 0.15) is 14.6 Å². The number of nitrogens with zero attached hydrogens (tertiary/aromatic N) is 6. The molecule has 2 aromatic heterocycles. The Morgan fingerprint density at radius 3 is 2.73 bits per heavy atom. The Balaban J connectivity index is 2.11. The molecular weight excluding hydrogens is 431 g/mol. The number of anilines is 2. The van der Waals surface area contributed by atoms with Gasteiger partial charge in [-0.1, -0.05) is 6.07 Å². The summed E-state index contributed by atoms with van der Waals surface area (Å²) in [4.78, 5) is 28.5. The van der Waals surface area contributed by atoms with E-state index in [4.69, 9.17) is 14.7 Å². The molecule has 13 heteroatoms. The van der Waals surface area contributed by atoms with Gasteiger partial charge >= 0.3 is 0 Å². The predicted octanol–water partition coefficient (Wildman–Crippen LogP) is 1.38. The van der Waals surface area contributed by atoms with Gasteiger partial charge < -0.3 is 20.8 Å². The highest BCUT2D eigenvalue weighted by Crippen LogP contribution is 2.37. The molecule has 0 aliphatic carbocycles. The largest absolute Gasteiger partial charge is 0.494 e. The summed E-state index contributed by atoms with van der Waals surface area (Å²) in [5, 5.41) is 12.6. The maximum atomic E-state index is 13.3. The number of hydrogen-bond donors (Lipinski definition) is 4. The third-order valence-corrected chi connectivity index (χ3v) is 4.09. The molecule has 0 saturated heterocycles. The zero-order valence-corrected chi connectivity index (χ0v) is 17.5. The number of aliphatic imine (C=N–C) groups is 2. The molecule has 0 bridgehead atoms. The van der Waals surface area contributed by atoms with Gasteiger partial charge in [-0.05, 0) is 12.1 Å². The van der Waals surface area contributed by atoms with Crippen LogP contribution >= 0.6 is 0 Å². The topological polar surface area (TPSA) is 165 Å². The van der Waals surface area contributed by atoms with Gasteiger partial charge in [0.1, 0.15) is 0 Å². The van der Waals surface area contributed by atoms with E-state index in [2.05, 4.69) is 40.9 Å². The minimum atomic E-state index is -2.77. The molecule has 0 atom stereocenters. The van der Waals surface area contributed by atoms with Crippen LogP contribution in [0.25, 0.3) is 11.4 Å². The quantitative estimate of drug-likeness (QED) is 0.178. The standard InChI is InChI=1S/C20H21FN10O2/c1-23-10-16(29-22)28-15-7-14(17(31-30-15)20(32)24-2)27-13-6-4-5-12(18(13)33-3)19-25-8-11(21)9-26-19/h4-10H,22H2,1-3H3,(H,24,32)(H2,27,28,29,30)/i2D3. The zero-order chi connectivity index (χ0) is 26.3. The Kier molecular flexibility index (Phi) is 6.21. The SMILES string of the molecule is [2H]C([2H])([2H])NC(=O)c1nnc(N=C(C=NC)NN)cc1Nc1cccc(-c2ncc(F)cn2)c1OC. The number of nitrogens with one attached hydrogen (secondary N) is 3. The van der Waals surface area contributed by atoms with E-state index in [1.54, 1.807) is 18.2 Å².